The molecule has 0 saturated carbocycles. The number of methoxy groups -OCH3 is 1. The lowest BCUT2D eigenvalue weighted by Crippen LogP contribution is -2.25. The van der Waals surface area contributed by atoms with Crippen molar-refractivity contribution in [1.29, 1.82) is 0 Å². The van der Waals surface area contributed by atoms with Crippen LogP contribution in [0, 0.1) is 5.82 Å². The third-order valence-corrected chi connectivity index (χ3v) is 3.58. The van der Waals surface area contributed by atoms with Crippen LogP contribution in [-0.4, -0.2) is 25.3 Å². The lowest BCUT2D eigenvalue weighted by atomic mass is 10.0. The van der Waals surface area contributed by atoms with Crippen LogP contribution in [-0.2, 0) is 9.47 Å². The molecular weight excluding hydrogens is 271 g/mol. The first-order valence-corrected chi connectivity index (χ1v) is 6.84. The molecule has 2 aromatic carbocycles. The summed E-state index contributed by atoms with van der Waals surface area (Å²) in [5.74, 6) is -0.791. The van der Waals surface area contributed by atoms with Crippen LogP contribution in [0.5, 0.6) is 0 Å². The number of benzene rings is 2. The van der Waals surface area contributed by atoms with Gasteiger partial charge in [-0.05, 0) is 31.4 Å². The van der Waals surface area contributed by atoms with Crippen molar-refractivity contribution in [1.82, 2.24) is 0 Å². The van der Waals surface area contributed by atoms with Gasteiger partial charge in [-0.25, -0.2) is 9.18 Å². The number of carbonyl (C=O) groups excluding carboxylic acids is 1. The molecule has 2 aromatic rings. The Morgan fingerprint density at radius 2 is 1.81 bits per heavy atom. The van der Waals surface area contributed by atoms with Gasteiger partial charge in [-0.15, -0.1) is 0 Å². The van der Waals surface area contributed by atoms with Gasteiger partial charge in [0.2, 0.25) is 0 Å². The van der Waals surface area contributed by atoms with Gasteiger partial charge in [-0.3, -0.25) is 0 Å². The Bertz CT molecular complexity index is 650. The second-order valence-electron chi connectivity index (χ2n) is 5.49. The van der Waals surface area contributed by atoms with Crippen LogP contribution in [0.15, 0.2) is 36.4 Å². The molecule has 0 N–H and O–H groups in total. The minimum atomic E-state index is -0.446. The molecule has 0 bridgehead atoms. The molecule has 0 amide bonds. The summed E-state index contributed by atoms with van der Waals surface area (Å²) in [4.78, 5) is 12.2. The standard InChI is InChI=1S/C17H19FO3/c1-17(2,20-3)10-11-21-16(19)14-8-9-15(18)13-7-5-4-6-12(13)14/h4-9H,10-11H2,1-3H3. The van der Waals surface area contributed by atoms with E-state index in [0.29, 0.717) is 22.8 Å². The zero-order valence-corrected chi connectivity index (χ0v) is 12.5. The van der Waals surface area contributed by atoms with E-state index in [1.54, 1.807) is 31.4 Å². The highest BCUT2D eigenvalue weighted by Crippen LogP contribution is 2.23. The molecule has 0 heterocycles. The van der Waals surface area contributed by atoms with E-state index >= 15 is 0 Å². The van der Waals surface area contributed by atoms with Crippen molar-refractivity contribution in [3.8, 4) is 0 Å². The molecule has 0 aromatic heterocycles. The Morgan fingerprint density at radius 1 is 1.14 bits per heavy atom. The van der Waals surface area contributed by atoms with Crippen molar-refractivity contribution in [2.24, 2.45) is 0 Å². The van der Waals surface area contributed by atoms with Crippen LogP contribution in [0.2, 0.25) is 0 Å². The third kappa shape index (κ3) is 3.58. The van der Waals surface area contributed by atoms with Crippen LogP contribution in [0.25, 0.3) is 10.8 Å². The maximum Gasteiger partial charge on any atom is 0.338 e. The van der Waals surface area contributed by atoms with Crippen molar-refractivity contribution < 1.29 is 18.7 Å². The van der Waals surface area contributed by atoms with Gasteiger partial charge in [0.25, 0.3) is 0 Å². The Labute approximate surface area is 123 Å². The predicted molar refractivity (Wildman–Crippen MR) is 79.9 cm³/mol. The molecule has 2 rings (SSSR count). The van der Waals surface area contributed by atoms with Crippen LogP contribution in [0.3, 0.4) is 0 Å². The molecule has 0 radical (unpaired) electrons. The van der Waals surface area contributed by atoms with E-state index in [0.717, 1.165) is 0 Å². The van der Waals surface area contributed by atoms with E-state index in [1.807, 2.05) is 13.8 Å². The van der Waals surface area contributed by atoms with Crippen molar-refractivity contribution >= 4 is 16.7 Å². The summed E-state index contributed by atoms with van der Waals surface area (Å²) in [6.45, 7) is 4.10. The Morgan fingerprint density at radius 3 is 2.48 bits per heavy atom. The van der Waals surface area contributed by atoms with Gasteiger partial charge >= 0.3 is 5.97 Å². The average Bonchev–Trinajstić information content (AvgIpc) is 2.47. The minimum absolute atomic E-state index is 0.255. The average molecular weight is 290 g/mol. The minimum Gasteiger partial charge on any atom is -0.462 e. The van der Waals surface area contributed by atoms with Crippen LogP contribution in [0.4, 0.5) is 4.39 Å². The molecule has 0 aliphatic rings. The Kier molecular flexibility index (Phi) is 4.58. The quantitative estimate of drug-likeness (QED) is 0.782. The van der Waals surface area contributed by atoms with Crippen LogP contribution >= 0.6 is 0 Å². The molecule has 0 atom stereocenters. The largest absolute Gasteiger partial charge is 0.462 e. The molecule has 4 heteroatoms. The fraction of sp³-hybridized carbons (Fsp3) is 0.353. The van der Waals surface area contributed by atoms with Gasteiger partial charge in [0.1, 0.15) is 5.82 Å². The van der Waals surface area contributed by atoms with Crippen LogP contribution in [0.1, 0.15) is 30.6 Å². The second kappa shape index (κ2) is 6.22. The molecule has 0 unspecified atom stereocenters. The summed E-state index contributed by atoms with van der Waals surface area (Å²) in [6.07, 6.45) is 0.592. The molecule has 21 heavy (non-hydrogen) atoms. The van der Waals surface area contributed by atoms with E-state index in [4.69, 9.17) is 9.47 Å². The Hall–Kier alpha value is -1.94. The SMILES string of the molecule is COC(C)(C)CCOC(=O)c1ccc(F)c2ccccc12. The van der Waals surface area contributed by atoms with Crippen LogP contribution < -0.4 is 0 Å². The molecule has 0 spiro atoms. The number of halogens is 1. The number of hydrogen-bond donors (Lipinski definition) is 0. The number of carbonyl (C=O) groups is 1. The van der Waals surface area contributed by atoms with Gasteiger partial charge in [0, 0.05) is 18.9 Å². The molecule has 3 nitrogen and oxygen atoms in total. The molecule has 0 fully saturated rings. The molecular formula is C17H19FO3. The van der Waals surface area contributed by atoms with Crippen molar-refractivity contribution in [2.75, 3.05) is 13.7 Å². The zero-order chi connectivity index (χ0) is 15.5. The maximum absolute atomic E-state index is 13.7. The highest BCUT2D eigenvalue weighted by molar-refractivity contribution is 6.04. The smallest absolute Gasteiger partial charge is 0.338 e. The van der Waals surface area contributed by atoms with Gasteiger partial charge in [0.05, 0.1) is 17.8 Å². The van der Waals surface area contributed by atoms with Crippen molar-refractivity contribution in [3.05, 3.63) is 47.8 Å². The first kappa shape index (κ1) is 15.4. The number of ether oxygens (including phenoxy) is 2. The Balaban J connectivity index is 2.15. The summed E-state index contributed by atoms with van der Waals surface area (Å²) in [5, 5.41) is 0.984. The van der Waals surface area contributed by atoms with E-state index in [2.05, 4.69) is 0 Å². The maximum atomic E-state index is 13.7. The third-order valence-electron chi connectivity index (χ3n) is 3.58. The number of fused-ring (bicyclic) bond motifs is 1. The number of esters is 1. The second-order valence-corrected chi connectivity index (χ2v) is 5.49. The lowest BCUT2D eigenvalue weighted by molar-refractivity contribution is -0.00557. The van der Waals surface area contributed by atoms with E-state index in [-0.39, 0.29) is 18.0 Å². The van der Waals surface area contributed by atoms with Gasteiger partial charge in [0.15, 0.2) is 0 Å². The fourth-order valence-corrected chi connectivity index (χ4v) is 2.01. The monoisotopic (exact) mass is 290 g/mol. The highest BCUT2D eigenvalue weighted by atomic mass is 19.1. The summed E-state index contributed by atoms with van der Waals surface area (Å²) < 4.78 is 24.3. The normalized spacial score (nSPS) is 11.6. The first-order chi connectivity index (χ1) is 9.94. The van der Waals surface area contributed by atoms with Crippen molar-refractivity contribution in [3.63, 3.8) is 0 Å². The fourth-order valence-electron chi connectivity index (χ4n) is 2.01. The van der Waals surface area contributed by atoms with Crippen molar-refractivity contribution in [2.45, 2.75) is 25.9 Å². The summed E-state index contributed by atoms with van der Waals surface area (Å²) in [7, 11) is 1.62. The highest BCUT2D eigenvalue weighted by Gasteiger charge is 2.18. The molecule has 0 saturated heterocycles. The van der Waals surface area contributed by atoms with Gasteiger partial charge < -0.3 is 9.47 Å². The summed E-state index contributed by atoms with van der Waals surface area (Å²) in [6, 6.07) is 9.62. The van der Waals surface area contributed by atoms with E-state index < -0.39 is 5.97 Å². The molecule has 112 valence electrons. The summed E-state index contributed by atoms with van der Waals surface area (Å²) in [5.41, 5.74) is 0.0349. The topological polar surface area (TPSA) is 35.5 Å². The molecule has 0 aliphatic heterocycles. The first-order valence-electron chi connectivity index (χ1n) is 6.84. The number of rotatable bonds is 5. The molecule has 0 aliphatic carbocycles. The summed E-state index contributed by atoms with van der Waals surface area (Å²) >= 11 is 0. The number of hydrogen-bond acceptors (Lipinski definition) is 3. The van der Waals surface area contributed by atoms with E-state index in [1.165, 1.54) is 12.1 Å². The van der Waals surface area contributed by atoms with E-state index in [9.17, 15) is 9.18 Å². The van der Waals surface area contributed by atoms with Gasteiger partial charge in [-0.2, -0.15) is 0 Å². The lowest BCUT2D eigenvalue weighted by Gasteiger charge is -2.22. The van der Waals surface area contributed by atoms with Gasteiger partial charge in [-0.1, -0.05) is 24.3 Å². The zero-order valence-electron chi connectivity index (χ0n) is 12.5. The predicted octanol–water partition coefficient (Wildman–Crippen LogP) is 3.95.